The Hall–Kier alpha value is -1.86. The Kier molecular flexibility index (Phi) is 7.09. The Morgan fingerprint density at radius 2 is 2.09 bits per heavy atom. The Morgan fingerprint density at radius 3 is 2.78 bits per heavy atom. The van der Waals surface area contributed by atoms with E-state index in [0.717, 1.165) is 45.0 Å². The van der Waals surface area contributed by atoms with Crippen LogP contribution < -0.4 is 15.4 Å². The zero-order valence-corrected chi connectivity index (χ0v) is 13.8. The number of morpholine rings is 1. The molecular formula is C16H25FN4O2. The number of benzene rings is 1. The van der Waals surface area contributed by atoms with Gasteiger partial charge in [-0.3, -0.25) is 9.89 Å². The van der Waals surface area contributed by atoms with Gasteiger partial charge in [-0.2, -0.15) is 0 Å². The highest BCUT2D eigenvalue weighted by molar-refractivity contribution is 5.79. The first-order valence-electron chi connectivity index (χ1n) is 7.79. The van der Waals surface area contributed by atoms with Crippen molar-refractivity contribution in [1.82, 2.24) is 15.5 Å². The van der Waals surface area contributed by atoms with Crippen LogP contribution in [0.25, 0.3) is 0 Å². The number of aliphatic imine (C=N–C) groups is 1. The fourth-order valence-corrected chi connectivity index (χ4v) is 2.40. The highest BCUT2D eigenvalue weighted by Gasteiger charge is 2.09. The molecule has 0 aliphatic carbocycles. The fraction of sp³-hybridized carbons (Fsp3) is 0.562. The first kappa shape index (κ1) is 17.5. The molecule has 1 heterocycles. The molecule has 23 heavy (non-hydrogen) atoms. The molecule has 0 unspecified atom stereocenters. The maximum Gasteiger partial charge on any atom is 0.191 e. The number of halogens is 1. The molecule has 0 atom stereocenters. The quantitative estimate of drug-likeness (QED) is 0.600. The number of nitrogens with zero attached hydrogens (tertiary/aromatic N) is 2. The summed E-state index contributed by atoms with van der Waals surface area (Å²) in [7, 11) is 3.24. The van der Waals surface area contributed by atoms with E-state index in [1.807, 2.05) is 0 Å². The topological polar surface area (TPSA) is 58.1 Å². The van der Waals surface area contributed by atoms with Crippen molar-refractivity contribution < 1.29 is 13.9 Å². The molecule has 0 amide bonds. The summed E-state index contributed by atoms with van der Waals surface area (Å²) in [5.74, 6) is 0.898. The second-order valence-corrected chi connectivity index (χ2v) is 5.31. The number of hydrogen-bond donors (Lipinski definition) is 2. The van der Waals surface area contributed by atoms with Crippen molar-refractivity contribution in [2.45, 2.75) is 6.54 Å². The van der Waals surface area contributed by atoms with E-state index >= 15 is 0 Å². The minimum atomic E-state index is -0.309. The molecule has 0 bridgehead atoms. The predicted molar refractivity (Wildman–Crippen MR) is 88.4 cm³/mol. The molecule has 1 saturated heterocycles. The van der Waals surface area contributed by atoms with E-state index in [1.165, 1.54) is 19.2 Å². The summed E-state index contributed by atoms with van der Waals surface area (Å²) < 4.78 is 23.9. The summed E-state index contributed by atoms with van der Waals surface area (Å²) in [4.78, 5) is 6.53. The van der Waals surface area contributed by atoms with Crippen LogP contribution in [0.3, 0.4) is 0 Å². The molecule has 0 radical (unpaired) electrons. The van der Waals surface area contributed by atoms with Gasteiger partial charge in [0.25, 0.3) is 0 Å². The van der Waals surface area contributed by atoms with E-state index in [9.17, 15) is 4.39 Å². The number of ether oxygens (including phenoxy) is 2. The van der Waals surface area contributed by atoms with Crippen molar-refractivity contribution >= 4 is 5.96 Å². The van der Waals surface area contributed by atoms with Gasteiger partial charge in [0, 0.05) is 45.8 Å². The Morgan fingerprint density at radius 1 is 1.30 bits per heavy atom. The highest BCUT2D eigenvalue weighted by atomic mass is 19.1. The van der Waals surface area contributed by atoms with Gasteiger partial charge in [0.2, 0.25) is 0 Å². The van der Waals surface area contributed by atoms with Gasteiger partial charge >= 0.3 is 0 Å². The van der Waals surface area contributed by atoms with Crippen LogP contribution in [0.4, 0.5) is 4.39 Å². The standard InChI is InChI=1S/C16H25FN4O2/c1-18-16(19-3-4-21-5-7-23-8-6-21)20-12-13-9-14(17)11-15(10-13)22-2/h9-11H,3-8,12H2,1-2H3,(H2,18,19,20). The smallest absolute Gasteiger partial charge is 0.191 e. The van der Waals surface area contributed by atoms with E-state index < -0.39 is 0 Å². The van der Waals surface area contributed by atoms with Gasteiger partial charge in [-0.05, 0) is 17.7 Å². The second-order valence-electron chi connectivity index (χ2n) is 5.31. The molecule has 1 aromatic carbocycles. The van der Waals surface area contributed by atoms with Crippen molar-refractivity contribution in [3.8, 4) is 5.75 Å². The molecular weight excluding hydrogens is 299 g/mol. The average Bonchev–Trinajstić information content (AvgIpc) is 2.58. The SMILES string of the molecule is CN=C(NCCN1CCOCC1)NCc1cc(F)cc(OC)c1. The van der Waals surface area contributed by atoms with Crippen molar-refractivity contribution in [2.75, 3.05) is 53.6 Å². The summed E-state index contributed by atoms with van der Waals surface area (Å²) in [6.07, 6.45) is 0. The second kappa shape index (κ2) is 9.32. The fourth-order valence-electron chi connectivity index (χ4n) is 2.40. The lowest BCUT2D eigenvalue weighted by molar-refractivity contribution is 0.0389. The van der Waals surface area contributed by atoms with Crippen LogP contribution in [-0.2, 0) is 11.3 Å². The van der Waals surface area contributed by atoms with Crippen LogP contribution in [0.5, 0.6) is 5.75 Å². The van der Waals surface area contributed by atoms with Crippen LogP contribution in [0.1, 0.15) is 5.56 Å². The molecule has 2 N–H and O–H groups in total. The number of rotatable bonds is 6. The molecule has 6 nitrogen and oxygen atoms in total. The lowest BCUT2D eigenvalue weighted by Gasteiger charge is -2.26. The normalized spacial score (nSPS) is 16.2. The summed E-state index contributed by atoms with van der Waals surface area (Å²) in [5, 5.41) is 6.44. The van der Waals surface area contributed by atoms with Crippen molar-refractivity contribution in [3.63, 3.8) is 0 Å². The lowest BCUT2D eigenvalue weighted by atomic mass is 10.2. The molecule has 1 aliphatic heterocycles. The van der Waals surface area contributed by atoms with Crippen LogP contribution in [-0.4, -0.2) is 64.4 Å². The minimum absolute atomic E-state index is 0.309. The Bertz CT molecular complexity index is 519. The third-order valence-corrected chi connectivity index (χ3v) is 3.67. The zero-order valence-electron chi connectivity index (χ0n) is 13.8. The van der Waals surface area contributed by atoms with Crippen molar-refractivity contribution in [1.29, 1.82) is 0 Å². The third-order valence-electron chi connectivity index (χ3n) is 3.67. The Labute approximate surface area is 136 Å². The molecule has 0 saturated carbocycles. The van der Waals surface area contributed by atoms with Gasteiger partial charge in [-0.15, -0.1) is 0 Å². The van der Waals surface area contributed by atoms with Crippen molar-refractivity contribution in [2.24, 2.45) is 4.99 Å². The van der Waals surface area contributed by atoms with Gasteiger partial charge in [-0.25, -0.2) is 4.39 Å². The number of guanidine groups is 1. The number of hydrogen-bond acceptors (Lipinski definition) is 4. The molecule has 128 valence electrons. The Balaban J connectivity index is 1.75. The van der Waals surface area contributed by atoms with E-state index in [1.54, 1.807) is 13.1 Å². The molecule has 7 heteroatoms. The van der Waals surface area contributed by atoms with E-state index in [4.69, 9.17) is 9.47 Å². The molecule has 1 fully saturated rings. The van der Waals surface area contributed by atoms with Gasteiger partial charge in [-0.1, -0.05) is 0 Å². The first-order chi connectivity index (χ1) is 11.2. The van der Waals surface area contributed by atoms with Crippen LogP contribution in [0.15, 0.2) is 23.2 Å². The molecule has 0 aromatic heterocycles. The van der Waals surface area contributed by atoms with Gasteiger partial charge in [0.1, 0.15) is 11.6 Å². The summed E-state index contributed by atoms with van der Waals surface area (Å²) in [5.41, 5.74) is 0.804. The van der Waals surface area contributed by atoms with Crippen LogP contribution in [0.2, 0.25) is 0 Å². The van der Waals surface area contributed by atoms with E-state index in [2.05, 4.69) is 20.5 Å². The number of methoxy groups -OCH3 is 1. The van der Waals surface area contributed by atoms with E-state index in [-0.39, 0.29) is 5.82 Å². The van der Waals surface area contributed by atoms with Crippen LogP contribution in [0, 0.1) is 5.82 Å². The molecule has 0 spiro atoms. The maximum absolute atomic E-state index is 13.5. The lowest BCUT2D eigenvalue weighted by Crippen LogP contribution is -2.44. The zero-order chi connectivity index (χ0) is 16.5. The van der Waals surface area contributed by atoms with Gasteiger partial charge in [0.15, 0.2) is 5.96 Å². The summed E-state index contributed by atoms with van der Waals surface area (Å²) in [6, 6.07) is 4.65. The first-order valence-corrected chi connectivity index (χ1v) is 7.79. The van der Waals surface area contributed by atoms with Gasteiger partial charge in [0.05, 0.1) is 20.3 Å². The average molecular weight is 324 g/mol. The highest BCUT2D eigenvalue weighted by Crippen LogP contribution is 2.15. The third kappa shape index (κ3) is 6.03. The summed E-state index contributed by atoms with van der Waals surface area (Å²) >= 11 is 0. The monoisotopic (exact) mass is 324 g/mol. The number of nitrogens with one attached hydrogen (secondary N) is 2. The van der Waals surface area contributed by atoms with Crippen LogP contribution >= 0.6 is 0 Å². The van der Waals surface area contributed by atoms with Crippen molar-refractivity contribution in [3.05, 3.63) is 29.6 Å². The molecule has 1 aliphatic rings. The minimum Gasteiger partial charge on any atom is -0.497 e. The summed E-state index contributed by atoms with van der Waals surface area (Å²) in [6.45, 7) is 5.76. The predicted octanol–water partition coefficient (Wildman–Crippen LogP) is 0.832. The molecule has 1 aromatic rings. The van der Waals surface area contributed by atoms with Gasteiger partial charge < -0.3 is 20.1 Å². The molecule has 2 rings (SSSR count). The largest absolute Gasteiger partial charge is 0.497 e. The van der Waals surface area contributed by atoms with E-state index in [0.29, 0.717) is 18.3 Å². The maximum atomic E-state index is 13.5.